The number of rotatable bonds is 3. The Morgan fingerprint density at radius 2 is 1.65 bits per heavy atom. The molecule has 0 saturated carbocycles. The van der Waals surface area contributed by atoms with Gasteiger partial charge in [-0.15, -0.1) is 0 Å². The topological polar surface area (TPSA) is 98.9 Å². The van der Waals surface area contributed by atoms with E-state index in [-0.39, 0.29) is 17.0 Å². The summed E-state index contributed by atoms with van der Waals surface area (Å²) < 4.78 is 9.77. The lowest BCUT2D eigenvalue weighted by atomic mass is 10.1. The summed E-state index contributed by atoms with van der Waals surface area (Å²) in [4.78, 5) is 22.7. The number of nitrogen functional groups attached to an aromatic ring is 1. The molecule has 0 heterocycles. The molecule has 0 amide bonds. The van der Waals surface area contributed by atoms with E-state index in [0.717, 1.165) is 0 Å². The van der Waals surface area contributed by atoms with Crippen LogP contribution in [0.4, 0.5) is 10.5 Å². The average Bonchev–Trinajstić information content (AvgIpc) is 2.39. The van der Waals surface area contributed by atoms with E-state index in [1.807, 2.05) is 0 Å². The maximum Gasteiger partial charge on any atom is 0.519 e. The van der Waals surface area contributed by atoms with Crippen molar-refractivity contribution in [2.24, 2.45) is 0 Å². The van der Waals surface area contributed by atoms with Gasteiger partial charge in [0.1, 0.15) is 11.3 Å². The minimum Gasteiger partial charge on any atom is -0.477 e. The third-order valence-electron chi connectivity index (χ3n) is 2.41. The van der Waals surface area contributed by atoms with Gasteiger partial charge in [-0.05, 0) is 24.3 Å². The summed E-state index contributed by atoms with van der Waals surface area (Å²) in [6.45, 7) is 0. The van der Waals surface area contributed by atoms with Crippen LogP contribution in [0.3, 0.4) is 0 Å². The molecule has 0 aromatic heterocycles. The first kappa shape index (κ1) is 13.4. The maximum atomic E-state index is 11.6. The van der Waals surface area contributed by atoms with Crippen LogP contribution in [-0.2, 0) is 0 Å². The highest BCUT2D eigenvalue weighted by atomic mass is 16.7. The highest BCUT2D eigenvalue weighted by Crippen LogP contribution is 2.25. The number of anilines is 1. The van der Waals surface area contributed by atoms with Gasteiger partial charge in [-0.2, -0.15) is 0 Å². The zero-order chi connectivity index (χ0) is 14.5. The fourth-order valence-electron chi connectivity index (χ4n) is 1.56. The molecule has 102 valence electrons. The first-order chi connectivity index (χ1) is 9.58. The van der Waals surface area contributed by atoms with Crippen LogP contribution in [0.2, 0.25) is 0 Å². The minimum absolute atomic E-state index is 0.00233. The molecule has 3 N–H and O–H groups in total. The van der Waals surface area contributed by atoms with Crippen LogP contribution in [0.5, 0.6) is 11.5 Å². The molecule has 20 heavy (non-hydrogen) atoms. The van der Waals surface area contributed by atoms with Crippen molar-refractivity contribution in [3.63, 3.8) is 0 Å². The molecule has 6 heteroatoms. The highest BCUT2D eigenvalue weighted by Gasteiger charge is 2.18. The second-order valence-electron chi connectivity index (χ2n) is 3.79. The van der Waals surface area contributed by atoms with Gasteiger partial charge in [-0.25, -0.2) is 9.59 Å². The average molecular weight is 273 g/mol. The van der Waals surface area contributed by atoms with E-state index in [9.17, 15) is 9.59 Å². The summed E-state index contributed by atoms with van der Waals surface area (Å²) in [7, 11) is 0. The normalized spacial score (nSPS) is 9.80. The molecule has 0 unspecified atom stereocenters. The number of hydrogen-bond acceptors (Lipinski definition) is 5. The second kappa shape index (κ2) is 5.75. The predicted octanol–water partition coefficient (Wildman–Crippen LogP) is 2.54. The molecule has 6 nitrogen and oxygen atoms in total. The lowest BCUT2D eigenvalue weighted by Gasteiger charge is -2.09. The van der Waals surface area contributed by atoms with Crippen LogP contribution in [0.25, 0.3) is 0 Å². The van der Waals surface area contributed by atoms with Crippen molar-refractivity contribution in [3.05, 3.63) is 54.1 Å². The lowest BCUT2D eigenvalue weighted by Crippen LogP contribution is -2.16. The molecule has 2 rings (SSSR count). The minimum atomic E-state index is -1.29. The van der Waals surface area contributed by atoms with E-state index in [2.05, 4.69) is 0 Å². The molecule has 2 aromatic rings. The Balaban J connectivity index is 2.16. The van der Waals surface area contributed by atoms with Crippen LogP contribution >= 0.6 is 0 Å². The van der Waals surface area contributed by atoms with E-state index in [0.29, 0.717) is 5.75 Å². The quantitative estimate of drug-likeness (QED) is 0.506. The highest BCUT2D eigenvalue weighted by molar-refractivity contribution is 5.97. The van der Waals surface area contributed by atoms with Gasteiger partial charge in [0.25, 0.3) is 0 Å². The van der Waals surface area contributed by atoms with Gasteiger partial charge >= 0.3 is 12.1 Å². The standard InChI is InChI=1S/C14H11NO5/c15-10-7-4-8-11(12(10)13(16)17)20-14(18)19-9-5-2-1-3-6-9/h1-8H,15H2,(H,16,17). The van der Waals surface area contributed by atoms with Crippen molar-refractivity contribution in [1.29, 1.82) is 0 Å². The Hall–Kier alpha value is -3.02. The van der Waals surface area contributed by atoms with Gasteiger partial charge in [-0.1, -0.05) is 24.3 Å². The van der Waals surface area contributed by atoms with Crippen molar-refractivity contribution >= 4 is 17.8 Å². The molecule has 0 aliphatic carbocycles. The van der Waals surface area contributed by atoms with E-state index < -0.39 is 12.1 Å². The monoisotopic (exact) mass is 273 g/mol. The number of benzene rings is 2. The van der Waals surface area contributed by atoms with Crippen LogP contribution in [0, 0.1) is 0 Å². The number of ether oxygens (including phenoxy) is 2. The molecule has 0 fully saturated rings. The molecule has 0 spiro atoms. The summed E-state index contributed by atoms with van der Waals surface area (Å²) >= 11 is 0. The third-order valence-corrected chi connectivity index (χ3v) is 2.41. The van der Waals surface area contributed by atoms with Crippen molar-refractivity contribution in [1.82, 2.24) is 0 Å². The van der Waals surface area contributed by atoms with Crippen molar-refractivity contribution in [2.45, 2.75) is 0 Å². The molecule has 0 bridgehead atoms. The Labute approximate surface area is 114 Å². The second-order valence-corrected chi connectivity index (χ2v) is 3.79. The molecular weight excluding hydrogens is 262 g/mol. The lowest BCUT2D eigenvalue weighted by molar-refractivity contribution is 0.0694. The predicted molar refractivity (Wildman–Crippen MR) is 70.9 cm³/mol. The van der Waals surface area contributed by atoms with Gasteiger partial charge < -0.3 is 20.3 Å². The molecule has 0 aliphatic heterocycles. The molecule has 0 aliphatic rings. The van der Waals surface area contributed by atoms with Crippen molar-refractivity contribution < 1.29 is 24.2 Å². The van der Waals surface area contributed by atoms with Crippen molar-refractivity contribution in [3.8, 4) is 11.5 Å². The summed E-state index contributed by atoms with van der Waals surface area (Å²) in [5, 5.41) is 9.04. The Kier molecular flexibility index (Phi) is 3.85. The number of nitrogens with two attached hydrogens (primary N) is 1. The summed E-state index contributed by atoms with van der Waals surface area (Å²) in [5.41, 5.74) is 5.26. The molecule has 2 aromatic carbocycles. The van der Waals surface area contributed by atoms with Gasteiger partial charge in [-0.3, -0.25) is 0 Å². The van der Waals surface area contributed by atoms with Gasteiger partial charge in [0.15, 0.2) is 5.75 Å². The fourth-order valence-corrected chi connectivity index (χ4v) is 1.56. The van der Waals surface area contributed by atoms with Gasteiger partial charge in [0.05, 0.1) is 0 Å². The van der Waals surface area contributed by atoms with E-state index >= 15 is 0 Å². The maximum absolute atomic E-state index is 11.6. The van der Waals surface area contributed by atoms with Crippen LogP contribution in [-0.4, -0.2) is 17.2 Å². The van der Waals surface area contributed by atoms with Gasteiger partial charge in [0.2, 0.25) is 0 Å². The summed E-state index contributed by atoms with van der Waals surface area (Å²) in [6, 6.07) is 12.5. The van der Waals surface area contributed by atoms with E-state index in [4.69, 9.17) is 20.3 Å². The van der Waals surface area contributed by atoms with E-state index in [1.165, 1.54) is 18.2 Å². The number of para-hydroxylation sites is 1. The number of carboxylic acids is 1. The number of carbonyl (C=O) groups is 2. The van der Waals surface area contributed by atoms with Crippen molar-refractivity contribution in [2.75, 3.05) is 5.73 Å². The van der Waals surface area contributed by atoms with E-state index in [1.54, 1.807) is 30.3 Å². The number of carboxylic acid groups (broad SMARTS) is 1. The van der Waals surface area contributed by atoms with Gasteiger partial charge in [0, 0.05) is 5.69 Å². The zero-order valence-electron chi connectivity index (χ0n) is 10.3. The first-order valence-electron chi connectivity index (χ1n) is 5.64. The third kappa shape index (κ3) is 3.05. The Morgan fingerprint density at radius 3 is 2.30 bits per heavy atom. The fraction of sp³-hybridized carbons (Fsp3) is 0. The summed E-state index contributed by atoms with van der Waals surface area (Å²) in [6.07, 6.45) is -1.04. The first-order valence-corrected chi connectivity index (χ1v) is 5.64. The largest absolute Gasteiger partial charge is 0.519 e. The number of hydrogen-bond donors (Lipinski definition) is 2. The SMILES string of the molecule is Nc1cccc(OC(=O)Oc2ccccc2)c1C(=O)O. The molecule has 0 saturated heterocycles. The van der Waals surface area contributed by atoms with Crippen LogP contribution in [0.1, 0.15) is 10.4 Å². The molecular formula is C14H11NO5. The zero-order valence-corrected chi connectivity index (χ0v) is 10.3. The molecule has 0 atom stereocenters. The smallest absolute Gasteiger partial charge is 0.477 e. The number of aromatic carboxylic acids is 1. The summed E-state index contributed by atoms with van der Waals surface area (Å²) in [5.74, 6) is -1.16. The Bertz CT molecular complexity index is 639. The Morgan fingerprint density at radius 1 is 0.950 bits per heavy atom. The number of carbonyl (C=O) groups excluding carboxylic acids is 1. The van der Waals surface area contributed by atoms with Crippen LogP contribution in [0.15, 0.2) is 48.5 Å². The molecule has 0 radical (unpaired) electrons. The van der Waals surface area contributed by atoms with Crippen LogP contribution < -0.4 is 15.2 Å².